The van der Waals surface area contributed by atoms with Gasteiger partial charge < -0.3 is 8.80 Å². The summed E-state index contributed by atoms with van der Waals surface area (Å²) in [5.41, 5.74) is 5.73. The SMILES string of the molecule is CCCCc1cc2c(=C(C#N)C#N)cc3c4cc5c(cc4c4cc(=C(C#N)C#N)c(c1)c2n34)c1cc(=C(C#N)C#N)c2cc(CCCC)cc3c(=C(C#N)C#N)cc5n1c32. The van der Waals surface area contributed by atoms with Crippen molar-refractivity contribution >= 4 is 98.5 Å². The zero-order valence-electron chi connectivity index (χ0n) is 32.5. The van der Waals surface area contributed by atoms with Crippen LogP contribution in [-0.4, -0.2) is 8.80 Å². The van der Waals surface area contributed by atoms with Crippen LogP contribution in [0.25, 0.3) is 98.5 Å². The lowest BCUT2D eigenvalue weighted by molar-refractivity contribution is 0.796. The quantitative estimate of drug-likeness (QED) is 0.166. The Morgan fingerprint density at radius 3 is 0.833 bits per heavy atom. The van der Waals surface area contributed by atoms with Gasteiger partial charge in [-0.25, -0.2) is 0 Å². The average Bonchev–Trinajstić information content (AvgIpc) is 3.75. The second-order valence-corrected chi connectivity index (χ2v) is 15.1. The Morgan fingerprint density at radius 1 is 0.367 bits per heavy atom. The molecule has 0 bridgehead atoms. The lowest BCUT2D eigenvalue weighted by Gasteiger charge is -2.14. The molecule has 10 nitrogen and oxygen atoms in total. The zero-order valence-corrected chi connectivity index (χ0v) is 32.5. The van der Waals surface area contributed by atoms with E-state index in [1.165, 1.54) is 0 Å². The van der Waals surface area contributed by atoms with Crippen molar-refractivity contribution in [2.75, 3.05) is 0 Å². The molecule has 0 aliphatic rings. The van der Waals surface area contributed by atoms with Gasteiger partial charge in [0, 0.05) is 64.0 Å². The molecule has 0 radical (unpaired) electrons. The maximum atomic E-state index is 10.3. The highest BCUT2D eigenvalue weighted by Crippen LogP contribution is 2.40. The summed E-state index contributed by atoms with van der Waals surface area (Å²) in [6.45, 7) is 4.18. The number of hydrogen-bond donors (Lipinski definition) is 0. The van der Waals surface area contributed by atoms with Crippen LogP contribution in [0.2, 0.25) is 0 Å². The van der Waals surface area contributed by atoms with Crippen molar-refractivity contribution in [3.63, 3.8) is 0 Å². The number of unbranched alkanes of at least 4 members (excludes halogenated alkanes) is 2. The first-order valence-electron chi connectivity index (χ1n) is 19.5. The van der Waals surface area contributed by atoms with Gasteiger partial charge in [0.2, 0.25) is 0 Å². The molecule has 278 valence electrons. The van der Waals surface area contributed by atoms with Crippen LogP contribution >= 0.6 is 0 Å². The van der Waals surface area contributed by atoms with Gasteiger partial charge in [0.25, 0.3) is 0 Å². The average molecular weight is 769 g/mol. The third kappa shape index (κ3) is 4.98. The fourth-order valence-corrected chi connectivity index (χ4v) is 9.25. The predicted octanol–water partition coefficient (Wildman–Crippen LogP) is 7.46. The Bertz CT molecular complexity index is 3490. The maximum Gasteiger partial charge on any atom is 0.137 e. The molecule has 9 rings (SSSR count). The van der Waals surface area contributed by atoms with E-state index in [4.69, 9.17) is 0 Å². The molecule has 0 amide bonds. The highest BCUT2D eigenvalue weighted by molar-refractivity contribution is 6.24. The number of nitrogens with zero attached hydrogens (tertiary/aromatic N) is 10. The molecule has 6 aromatic heterocycles. The fraction of sp³-hybridized carbons (Fsp3) is 0.160. The van der Waals surface area contributed by atoms with Crippen LogP contribution in [0.3, 0.4) is 0 Å². The van der Waals surface area contributed by atoms with Crippen molar-refractivity contribution in [1.82, 2.24) is 8.80 Å². The lowest BCUT2D eigenvalue weighted by Crippen LogP contribution is -2.15. The molecule has 3 aromatic carbocycles. The summed E-state index contributed by atoms with van der Waals surface area (Å²) >= 11 is 0. The van der Waals surface area contributed by atoms with E-state index < -0.39 is 0 Å². The van der Waals surface area contributed by atoms with Gasteiger partial charge in [0.15, 0.2) is 0 Å². The number of hydrogen-bond acceptors (Lipinski definition) is 8. The second kappa shape index (κ2) is 13.9. The van der Waals surface area contributed by atoms with Gasteiger partial charge in [-0.2, -0.15) is 42.1 Å². The van der Waals surface area contributed by atoms with Crippen LogP contribution < -0.4 is 20.9 Å². The molecule has 0 aliphatic carbocycles. The number of aromatic nitrogens is 2. The number of pyridine rings is 4. The van der Waals surface area contributed by atoms with Crippen LogP contribution in [-0.2, 0) is 12.8 Å². The fourth-order valence-electron chi connectivity index (χ4n) is 9.25. The van der Waals surface area contributed by atoms with Gasteiger partial charge >= 0.3 is 0 Å². The topological polar surface area (TPSA) is 199 Å². The summed E-state index contributed by atoms with van der Waals surface area (Å²) in [5.74, 6) is 0. The third-order valence-corrected chi connectivity index (χ3v) is 11.9. The molecule has 60 heavy (non-hydrogen) atoms. The first-order valence-corrected chi connectivity index (χ1v) is 19.5. The van der Waals surface area contributed by atoms with Crippen LogP contribution in [0.15, 0.2) is 60.7 Å². The summed E-state index contributed by atoms with van der Waals surface area (Å²) in [5, 5.41) is 89.6. The van der Waals surface area contributed by atoms with E-state index in [0.717, 1.165) is 71.2 Å². The number of benzene rings is 3. The van der Waals surface area contributed by atoms with E-state index in [1.54, 1.807) is 0 Å². The summed E-state index contributed by atoms with van der Waals surface area (Å²) < 4.78 is 4.13. The molecule has 0 saturated carbocycles. The molecule has 0 spiro atoms. The van der Waals surface area contributed by atoms with Crippen LogP contribution in [0.4, 0.5) is 0 Å². The first kappa shape index (κ1) is 36.7. The highest BCUT2D eigenvalue weighted by Gasteiger charge is 2.24. The number of fused-ring (bicyclic) bond motifs is 6. The van der Waals surface area contributed by atoms with E-state index in [1.807, 2.05) is 60.7 Å². The van der Waals surface area contributed by atoms with E-state index in [2.05, 4.69) is 71.2 Å². The Balaban J connectivity index is 1.60. The van der Waals surface area contributed by atoms with Crippen LogP contribution in [0, 0.1) is 90.6 Å². The smallest absolute Gasteiger partial charge is 0.137 e. The molecule has 6 heterocycles. The van der Waals surface area contributed by atoms with Gasteiger partial charge in [0.1, 0.15) is 70.8 Å². The molecule has 0 aliphatic heterocycles. The van der Waals surface area contributed by atoms with Crippen molar-refractivity contribution in [2.24, 2.45) is 0 Å². The standard InChI is InChI=1S/C50H28N10/c1-3-5-7-27-9-41-33(29(19-51)20-52)15-45-37-13-39-40(14-38(37)46-16-34(30(21-53)22-54)42(10-27)49(41)59(45)46)48-18-36(32(25-57)26-58)44-12-28(8-6-4-2)11-43-35(31(23-55)24-56)17-47(39)60(48)50(43)44/h9-18H,3-8H2,1-2H3. The minimum absolute atomic E-state index is 0.0748. The lowest BCUT2D eigenvalue weighted by atomic mass is 9.97. The van der Waals surface area contributed by atoms with Gasteiger partial charge in [0.05, 0.1) is 33.1 Å². The van der Waals surface area contributed by atoms with Crippen molar-refractivity contribution in [3.8, 4) is 48.6 Å². The van der Waals surface area contributed by atoms with Gasteiger partial charge in [-0.15, -0.1) is 0 Å². The third-order valence-electron chi connectivity index (χ3n) is 11.9. The Kier molecular flexibility index (Phi) is 8.53. The van der Waals surface area contributed by atoms with Crippen LogP contribution in [0.5, 0.6) is 0 Å². The Morgan fingerprint density at radius 2 is 0.617 bits per heavy atom. The van der Waals surface area contributed by atoms with Crippen molar-refractivity contribution in [2.45, 2.75) is 52.4 Å². The highest BCUT2D eigenvalue weighted by atomic mass is 14.9. The number of aryl methyl sites for hydroxylation is 2. The minimum Gasteiger partial charge on any atom is -0.308 e. The molecular formula is C50H28N10. The van der Waals surface area contributed by atoms with Crippen molar-refractivity contribution < 1.29 is 0 Å². The normalized spacial score (nSPS) is 11.1. The second-order valence-electron chi connectivity index (χ2n) is 15.1. The van der Waals surface area contributed by atoms with Crippen molar-refractivity contribution in [3.05, 3.63) is 92.7 Å². The first-order chi connectivity index (χ1) is 29.3. The summed E-state index contributed by atoms with van der Waals surface area (Å²) in [4.78, 5) is 0. The predicted molar refractivity (Wildman–Crippen MR) is 230 cm³/mol. The van der Waals surface area contributed by atoms with E-state index in [9.17, 15) is 42.1 Å². The van der Waals surface area contributed by atoms with Gasteiger partial charge in [-0.1, -0.05) is 26.7 Å². The van der Waals surface area contributed by atoms with E-state index >= 15 is 0 Å². The minimum atomic E-state index is -0.0748. The molecule has 0 fully saturated rings. The molecule has 10 heteroatoms. The Hall–Kier alpha value is -8.90. The molecule has 0 atom stereocenters. The van der Waals surface area contributed by atoms with Gasteiger partial charge in [-0.05, 0) is 97.5 Å². The van der Waals surface area contributed by atoms with Gasteiger partial charge in [-0.3, -0.25) is 0 Å². The monoisotopic (exact) mass is 768 g/mol. The van der Waals surface area contributed by atoms with E-state index in [-0.39, 0.29) is 22.3 Å². The maximum absolute atomic E-state index is 10.3. The molecule has 9 aromatic rings. The summed E-state index contributed by atoms with van der Waals surface area (Å²) in [6.07, 6.45) is 5.10. The number of nitriles is 8. The van der Waals surface area contributed by atoms with E-state index in [0.29, 0.717) is 75.5 Å². The largest absolute Gasteiger partial charge is 0.308 e. The number of rotatable bonds is 6. The summed E-state index contributed by atoms with van der Waals surface area (Å²) in [7, 11) is 0. The molecule has 0 saturated heterocycles. The zero-order chi connectivity index (χ0) is 42.0. The molecule has 0 unspecified atom stereocenters. The Labute approximate surface area is 341 Å². The molecular weight excluding hydrogens is 741 g/mol. The van der Waals surface area contributed by atoms with Crippen molar-refractivity contribution in [1.29, 1.82) is 42.1 Å². The molecule has 0 N–H and O–H groups in total. The van der Waals surface area contributed by atoms with Crippen LogP contribution in [0.1, 0.15) is 50.7 Å². The summed E-state index contributed by atoms with van der Waals surface area (Å²) in [6, 6.07) is 36.3.